The molecule has 2 aromatic heterocycles. The van der Waals surface area contributed by atoms with Gasteiger partial charge in [-0.3, -0.25) is 4.98 Å². The summed E-state index contributed by atoms with van der Waals surface area (Å²) in [6.45, 7) is 0. The smallest absolute Gasteiger partial charge is 0.0809 e. The maximum Gasteiger partial charge on any atom is 0.0809 e. The number of hydrogen-bond donors (Lipinski definition) is 1. The molecule has 0 saturated heterocycles. The van der Waals surface area contributed by atoms with Crippen molar-refractivity contribution in [2.24, 2.45) is 5.73 Å². The minimum absolute atomic E-state index is 0.132. The van der Waals surface area contributed by atoms with E-state index in [1.54, 1.807) is 17.4 Å². The van der Waals surface area contributed by atoms with Crippen LogP contribution in [0.4, 0.5) is 0 Å². The Kier molecular flexibility index (Phi) is 3.94. The van der Waals surface area contributed by atoms with Crippen LogP contribution in [0.25, 0.3) is 10.2 Å². The van der Waals surface area contributed by atoms with Gasteiger partial charge in [-0.05, 0) is 47.2 Å². The normalized spacial score (nSPS) is 12.8. The summed E-state index contributed by atoms with van der Waals surface area (Å²) in [5, 5.41) is 3.32. The van der Waals surface area contributed by atoms with Gasteiger partial charge < -0.3 is 5.73 Å². The van der Waals surface area contributed by atoms with E-state index in [1.807, 2.05) is 29.8 Å². The lowest BCUT2D eigenvalue weighted by atomic mass is 10.0. The highest BCUT2D eigenvalue weighted by Crippen LogP contribution is 2.27. The second-order valence-electron chi connectivity index (χ2n) is 4.62. The van der Waals surface area contributed by atoms with Crippen molar-refractivity contribution >= 4 is 44.8 Å². The molecule has 2 nitrogen and oxygen atoms in total. The van der Waals surface area contributed by atoms with Crippen LogP contribution in [0.15, 0.2) is 41.9 Å². The Morgan fingerprint density at radius 2 is 2.05 bits per heavy atom. The summed E-state index contributed by atoms with van der Waals surface area (Å²) >= 11 is 13.8. The van der Waals surface area contributed by atoms with Crippen LogP contribution in [0.5, 0.6) is 0 Å². The van der Waals surface area contributed by atoms with E-state index in [1.165, 1.54) is 0 Å². The molecule has 1 atom stereocenters. The van der Waals surface area contributed by atoms with Crippen molar-refractivity contribution in [3.05, 3.63) is 63.1 Å². The lowest BCUT2D eigenvalue weighted by molar-refractivity contribution is 0.720. The van der Waals surface area contributed by atoms with E-state index in [4.69, 9.17) is 28.9 Å². The number of nitrogens with zero attached hydrogens (tertiary/aromatic N) is 1. The molecule has 3 rings (SSSR count). The van der Waals surface area contributed by atoms with Gasteiger partial charge in [0.25, 0.3) is 0 Å². The van der Waals surface area contributed by atoms with Crippen LogP contribution < -0.4 is 5.73 Å². The number of benzene rings is 1. The average molecular weight is 323 g/mol. The molecule has 0 aliphatic heterocycles. The van der Waals surface area contributed by atoms with Gasteiger partial charge in [-0.25, -0.2) is 0 Å². The Balaban J connectivity index is 1.86. The van der Waals surface area contributed by atoms with Crippen molar-refractivity contribution in [1.29, 1.82) is 0 Å². The molecule has 0 aliphatic carbocycles. The molecule has 2 N–H and O–H groups in total. The van der Waals surface area contributed by atoms with Gasteiger partial charge in [0.1, 0.15) is 0 Å². The second kappa shape index (κ2) is 5.70. The molecule has 0 amide bonds. The third kappa shape index (κ3) is 2.81. The molecular weight excluding hydrogens is 311 g/mol. The van der Waals surface area contributed by atoms with Crippen LogP contribution in [-0.4, -0.2) is 4.98 Å². The van der Waals surface area contributed by atoms with Gasteiger partial charge in [-0.15, -0.1) is 11.3 Å². The highest BCUT2D eigenvalue weighted by atomic mass is 35.5. The molecule has 3 aromatic rings. The standard InChI is InChI=1S/C15H12Cl2N2S/c16-11-2-1-9(12(17)7-11)5-13(18)10-6-15-14(19-8-10)3-4-20-15/h1-4,6-8,13H,5,18H2. The largest absolute Gasteiger partial charge is 0.324 e. The maximum atomic E-state index is 6.27. The molecule has 20 heavy (non-hydrogen) atoms. The van der Waals surface area contributed by atoms with Gasteiger partial charge in [0.05, 0.1) is 10.2 Å². The van der Waals surface area contributed by atoms with Crippen molar-refractivity contribution in [3.8, 4) is 0 Å². The van der Waals surface area contributed by atoms with Gasteiger partial charge in [0, 0.05) is 22.3 Å². The first-order valence-corrected chi connectivity index (χ1v) is 7.80. The van der Waals surface area contributed by atoms with Crippen LogP contribution in [0.3, 0.4) is 0 Å². The first-order valence-electron chi connectivity index (χ1n) is 6.16. The monoisotopic (exact) mass is 322 g/mol. The topological polar surface area (TPSA) is 38.9 Å². The van der Waals surface area contributed by atoms with E-state index in [-0.39, 0.29) is 6.04 Å². The van der Waals surface area contributed by atoms with Crippen LogP contribution in [-0.2, 0) is 6.42 Å². The number of aromatic nitrogens is 1. The lowest BCUT2D eigenvalue weighted by Gasteiger charge is -2.13. The van der Waals surface area contributed by atoms with E-state index in [2.05, 4.69) is 11.1 Å². The molecule has 0 bridgehead atoms. The van der Waals surface area contributed by atoms with Crippen molar-refractivity contribution in [3.63, 3.8) is 0 Å². The molecule has 0 spiro atoms. The van der Waals surface area contributed by atoms with E-state index in [9.17, 15) is 0 Å². The third-order valence-electron chi connectivity index (χ3n) is 3.21. The second-order valence-corrected chi connectivity index (χ2v) is 6.41. The Morgan fingerprint density at radius 3 is 2.85 bits per heavy atom. The van der Waals surface area contributed by atoms with Crippen molar-refractivity contribution in [2.75, 3.05) is 0 Å². The summed E-state index contributed by atoms with van der Waals surface area (Å²) in [4.78, 5) is 4.42. The van der Waals surface area contributed by atoms with Gasteiger partial charge in [0.2, 0.25) is 0 Å². The van der Waals surface area contributed by atoms with Crippen LogP contribution in [0.1, 0.15) is 17.2 Å². The average Bonchev–Trinajstić information content (AvgIpc) is 2.89. The number of pyridine rings is 1. The Bertz CT molecular complexity index is 754. The van der Waals surface area contributed by atoms with Crippen molar-refractivity contribution in [1.82, 2.24) is 4.98 Å². The summed E-state index contributed by atoms with van der Waals surface area (Å²) in [6.07, 6.45) is 2.50. The molecule has 102 valence electrons. The van der Waals surface area contributed by atoms with Gasteiger partial charge in [-0.1, -0.05) is 29.3 Å². The molecule has 0 saturated carbocycles. The predicted octanol–water partition coefficient (Wildman–Crippen LogP) is 4.85. The molecule has 2 heterocycles. The summed E-state index contributed by atoms with van der Waals surface area (Å²) in [5.74, 6) is 0. The zero-order valence-corrected chi connectivity index (χ0v) is 12.8. The number of rotatable bonds is 3. The van der Waals surface area contributed by atoms with E-state index >= 15 is 0 Å². The minimum Gasteiger partial charge on any atom is -0.324 e. The van der Waals surface area contributed by atoms with E-state index in [0.29, 0.717) is 16.5 Å². The Morgan fingerprint density at radius 1 is 1.20 bits per heavy atom. The highest BCUT2D eigenvalue weighted by Gasteiger charge is 2.11. The molecule has 1 unspecified atom stereocenters. The quantitative estimate of drug-likeness (QED) is 0.748. The SMILES string of the molecule is NC(Cc1ccc(Cl)cc1Cl)c1cnc2ccsc2c1. The molecule has 5 heteroatoms. The molecular formula is C15H12Cl2N2S. The Labute approximate surface area is 131 Å². The van der Waals surface area contributed by atoms with E-state index < -0.39 is 0 Å². The summed E-state index contributed by atoms with van der Waals surface area (Å²) in [6, 6.07) is 9.46. The molecule has 0 radical (unpaired) electrons. The van der Waals surface area contributed by atoms with Crippen LogP contribution in [0.2, 0.25) is 10.0 Å². The zero-order valence-electron chi connectivity index (χ0n) is 10.5. The van der Waals surface area contributed by atoms with Crippen LogP contribution in [0, 0.1) is 0 Å². The first-order chi connectivity index (χ1) is 9.63. The number of fused-ring (bicyclic) bond motifs is 1. The summed E-state index contributed by atoms with van der Waals surface area (Å²) < 4.78 is 1.15. The fraction of sp³-hybridized carbons (Fsp3) is 0.133. The summed E-state index contributed by atoms with van der Waals surface area (Å²) in [7, 11) is 0. The number of thiophene rings is 1. The third-order valence-corrected chi connectivity index (χ3v) is 4.65. The lowest BCUT2D eigenvalue weighted by Crippen LogP contribution is -2.13. The van der Waals surface area contributed by atoms with Gasteiger partial charge in [0.15, 0.2) is 0 Å². The number of nitrogens with two attached hydrogens (primary N) is 1. The Hall–Kier alpha value is -1.13. The highest BCUT2D eigenvalue weighted by molar-refractivity contribution is 7.17. The van der Waals surface area contributed by atoms with E-state index in [0.717, 1.165) is 21.3 Å². The summed E-state index contributed by atoms with van der Waals surface area (Å²) in [5.41, 5.74) is 9.29. The fourth-order valence-electron chi connectivity index (χ4n) is 2.11. The first kappa shape index (κ1) is 13.8. The molecule has 0 aliphatic rings. The number of hydrogen-bond acceptors (Lipinski definition) is 3. The fourth-order valence-corrected chi connectivity index (χ4v) is 3.38. The van der Waals surface area contributed by atoms with Crippen molar-refractivity contribution < 1.29 is 0 Å². The van der Waals surface area contributed by atoms with Crippen LogP contribution >= 0.6 is 34.5 Å². The van der Waals surface area contributed by atoms with Crippen molar-refractivity contribution in [2.45, 2.75) is 12.5 Å². The molecule has 0 fully saturated rings. The van der Waals surface area contributed by atoms with Gasteiger partial charge >= 0.3 is 0 Å². The number of halogens is 2. The van der Waals surface area contributed by atoms with Gasteiger partial charge in [-0.2, -0.15) is 0 Å². The zero-order chi connectivity index (χ0) is 14.1. The minimum atomic E-state index is -0.132. The maximum absolute atomic E-state index is 6.27. The molecule has 1 aromatic carbocycles. The predicted molar refractivity (Wildman–Crippen MR) is 86.7 cm³/mol.